The fourth-order valence-electron chi connectivity index (χ4n) is 2.56. The van der Waals surface area contributed by atoms with Crippen LogP contribution in [0.2, 0.25) is 0 Å². The van der Waals surface area contributed by atoms with Crippen LogP contribution in [0.3, 0.4) is 0 Å². The molecule has 0 unspecified atom stereocenters. The minimum absolute atomic E-state index is 0.0437. The van der Waals surface area contributed by atoms with Gasteiger partial charge >= 0.3 is 0 Å². The van der Waals surface area contributed by atoms with Crippen molar-refractivity contribution in [3.63, 3.8) is 0 Å². The number of nitrogens with one attached hydrogen (secondary N) is 2. The van der Waals surface area contributed by atoms with Gasteiger partial charge < -0.3 is 0 Å². The molecule has 24 heavy (non-hydrogen) atoms. The van der Waals surface area contributed by atoms with Crippen LogP contribution < -0.4 is 10.9 Å². The minimum Gasteiger partial charge on any atom is -0.273 e. The number of aryl methyl sites for hydroxylation is 1. The van der Waals surface area contributed by atoms with E-state index in [0.717, 1.165) is 12.0 Å². The molecule has 1 aliphatic heterocycles. The summed E-state index contributed by atoms with van der Waals surface area (Å²) >= 11 is 0. The van der Waals surface area contributed by atoms with E-state index in [1.165, 1.54) is 11.6 Å². The first kappa shape index (κ1) is 18.2. The third-order valence-electron chi connectivity index (χ3n) is 3.94. The maximum atomic E-state index is 11.7. The fourth-order valence-corrected chi connectivity index (χ4v) is 4.42. The van der Waals surface area contributed by atoms with Gasteiger partial charge in [0, 0.05) is 12.5 Å². The number of rotatable bonds is 5. The Bertz CT molecular complexity index is 723. The van der Waals surface area contributed by atoms with Gasteiger partial charge in [0.2, 0.25) is 5.91 Å². The molecule has 1 saturated heterocycles. The molecule has 1 aromatic carbocycles. The fraction of sp³-hybridized carbons (Fsp3) is 0.412. The Hall–Kier alpha value is -2.15. The topological polar surface area (TPSA) is 92.3 Å². The molecule has 130 valence electrons. The molecule has 0 aromatic heterocycles. The highest BCUT2D eigenvalue weighted by molar-refractivity contribution is 7.91. The summed E-state index contributed by atoms with van der Waals surface area (Å²) in [6.45, 7) is 2.07. The quantitative estimate of drug-likeness (QED) is 0.617. The summed E-state index contributed by atoms with van der Waals surface area (Å²) in [5.41, 5.74) is 6.72. The van der Waals surface area contributed by atoms with Crippen LogP contribution in [0.5, 0.6) is 0 Å². The largest absolute Gasteiger partial charge is 0.273 e. The molecule has 1 aliphatic rings. The van der Waals surface area contributed by atoms with Gasteiger partial charge in [-0.25, -0.2) is 8.42 Å². The minimum atomic E-state index is -3.00. The Balaban J connectivity index is 1.74. The van der Waals surface area contributed by atoms with Gasteiger partial charge in [-0.3, -0.25) is 20.4 Å². The smallest absolute Gasteiger partial charge is 0.262 e. The molecule has 0 aliphatic carbocycles. The van der Waals surface area contributed by atoms with E-state index in [0.29, 0.717) is 6.42 Å². The van der Waals surface area contributed by atoms with Crippen molar-refractivity contribution in [2.45, 2.75) is 26.2 Å². The molecule has 1 fully saturated rings. The maximum absolute atomic E-state index is 11.7. The van der Waals surface area contributed by atoms with Gasteiger partial charge in [-0.2, -0.15) is 0 Å². The molecule has 1 atom stereocenters. The van der Waals surface area contributed by atoms with Crippen LogP contribution in [0.15, 0.2) is 30.3 Å². The van der Waals surface area contributed by atoms with E-state index in [-0.39, 0.29) is 29.8 Å². The van der Waals surface area contributed by atoms with Gasteiger partial charge in [-0.1, -0.05) is 31.2 Å². The molecule has 2 N–H and O–H groups in total. The number of hydrogen-bond acceptors (Lipinski definition) is 4. The van der Waals surface area contributed by atoms with Crippen molar-refractivity contribution in [2.75, 3.05) is 11.5 Å². The first-order valence-corrected chi connectivity index (χ1v) is 9.76. The first-order chi connectivity index (χ1) is 11.4. The Morgan fingerprint density at radius 3 is 2.50 bits per heavy atom. The van der Waals surface area contributed by atoms with E-state index in [9.17, 15) is 18.0 Å². The zero-order valence-electron chi connectivity index (χ0n) is 13.6. The van der Waals surface area contributed by atoms with E-state index >= 15 is 0 Å². The van der Waals surface area contributed by atoms with Crippen molar-refractivity contribution in [2.24, 2.45) is 5.92 Å². The van der Waals surface area contributed by atoms with Crippen LogP contribution >= 0.6 is 0 Å². The van der Waals surface area contributed by atoms with E-state index in [4.69, 9.17) is 0 Å². The van der Waals surface area contributed by atoms with Crippen molar-refractivity contribution < 1.29 is 18.0 Å². The molecule has 7 heteroatoms. The molecular weight excluding hydrogens is 328 g/mol. The van der Waals surface area contributed by atoms with E-state index < -0.39 is 15.7 Å². The van der Waals surface area contributed by atoms with Crippen molar-refractivity contribution in [3.8, 4) is 0 Å². The lowest BCUT2D eigenvalue weighted by atomic mass is 10.1. The zero-order valence-corrected chi connectivity index (χ0v) is 14.4. The van der Waals surface area contributed by atoms with Gasteiger partial charge in [-0.15, -0.1) is 0 Å². The number of hydrogen-bond donors (Lipinski definition) is 2. The molecule has 0 bridgehead atoms. The number of sulfone groups is 1. The summed E-state index contributed by atoms with van der Waals surface area (Å²) < 4.78 is 22.7. The normalized spacial score (nSPS) is 19.3. The van der Waals surface area contributed by atoms with Crippen LogP contribution in [0.4, 0.5) is 0 Å². The summed E-state index contributed by atoms with van der Waals surface area (Å²) in [4.78, 5) is 23.4. The highest BCUT2D eigenvalue weighted by Gasteiger charge is 2.29. The van der Waals surface area contributed by atoms with Crippen LogP contribution in [-0.2, 0) is 25.8 Å². The Morgan fingerprint density at radius 2 is 1.92 bits per heavy atom. The van der Waals surface area contributed by atoms with Gasteiger partial charge in [0.05, 0.1) is 11.5 Å². The second-order valence-corrected chi connectivity index (χ2v) is 8.17. The third kappa shape index (κ3) is 5.81. The van der Waals surface area contributed by atoms with Gasteiger partial charge in [0.15, 0.2) is 9.84 Å². The predicted octanol–water partition coefficient (Wildman–Crippen LogP) is 1.23. The second kappa shape index (κ2) is 8.10. The summed E-state index contributed by atoms with van der Waals surface area (Å²) in [5.74, 6) is -0.813. The molecule has 6 nitrogen and oxygen atoms in total. The maximum Gasteiger partial charge on any atom is 0.262 e. The number of hydrazine groups is 1. The predicted molar refractivity (Wildman–Crippen MR) is 92.5 cm³/mol. The highest BCUT2D eigenvalue weighted by atomic mass is 32.2. The van der Waals surface area contributed by atoms with Crippen molar-refractivity contribution in [1.82, 2.24) is 10.9 Å². The highest BCUT2D eigenvalue weighted by Crippen LogP contribution is 2.21. The molecule has 1 heterocycles. The number of amides is 2. The van der Waals surface area contributed by atoms with E-state index in [1.54, 1.807) is 6.08 Å². The second-order valence-electron chi connectivity index (χ2n) is 5.94. The first-order valence-electron chi connectivity index (χ1n) is 7.94. The number of carbonyl (C=O) groups excluding carboxylic acids is 2. The molecule has 1 aromatic rings. The molecule has 0 spiro atoms. The standard InChI is InChI=1S/C17H22N2O4S/c1-2-13-3-5-14(6-4-13)7-8-16(20)18-19-17(21)11-15-9-10-24(22,23)12-15/h3-8,15H,2,9-12H2,1H3,(H,18,20)(H,19,21)/b8-7+/t15-/m1/s1. The monoisotopic (exact) mass is 350 g/mol. The van der Waals surface area contributed by atoms with E-state index in [1.807, 2.05) is 24.3 Å². The van der Waals surface area contributed by atoms with Crippen LogP contribution in [0, 0.1) is 5.92 Å². The molecule has 0 radical (unpaired) electrons. The molecule has 2 amide bonds. The lowest BCUT2D eigenvalue weighted by Gasteiger charge is -2.08. The zero-order chi connectivity index (χ0) is 17.6. The molecule has 0 saturated carbocycles. The van der Waals surface area contributed by atoms with Crippen molar-refractivity contribution >= 4 is 27.7 Å². The third-order valence-corrected chi connectivity index (χ3v) is 5.78. The Morgan fingerprint density at radius 1 is 1.21 bits per heavy atom. The summed E-state index contributed by atoms with van der Waals surface area (Å²) in [6, 6.07) is 7.83. The van der Waals surface area contributed by atoms with Crippen LogP contribution in [0.25, 0.3) is 6.08 Å². The van der Waals surface area contributed by atoms with Crippen molar-refractivity contribution in [1.29, 1.82) is 0 Å². The van der Waals surface area contributed by atoms with Gasteiger partial charge in [0.1, 0.15) is 0 Å². The summed E-state index contributed by atoms with van der Waals surface area (Å²) in [5, 5.41) is 0. The van der Waals surface area contributed by atoms with E-state index in [2.05, 4.69) is 17.8 Å². The lowest BCUT2D eigenvalue weighted by molar-refractivity contribution is -0.127. The van der Waals surface area contributed by atoms with Crippen LogP contribution in [0.1, 0.15) is 30.9 Å². The van der Waals surface area contributed by atoms with Crippen LogP contribution in [-0.4, -0.2) is 31.7 Å². The van der Waals surface area contributed by atoms with Crippen molar-refractivity contribution in [3.05, 3.63) is 41.5 Å². The lowest BCUT2D eigenvalue weighted by Crippen LogP contribution is -2.41. The number of benzene rings is 1. The summed E-state index contributed by atoms with van der Waals surface area (Å²) in [6.07, 6.45) is 4.55. The Kier molecular flexibility index (Phi) is 6.14. The molecule has 2 rings (SSSR count). The average molecular weight is 350 g/mol. The average Bonchev–Trinajstić information content (AvgIpc) is 2.90. The number of carbonyl (C=O) groups is 2. The SMILES string of the molecule is CCc1ccc(/C=C/C(=O)NNC(=O)C[C@H]2CCS(=O)(=O)C2)cc1. The van der Waals surface area contributed by atoms with Gasteiger partial charge in [-0.05, 0) is 36.0 Å². The Labute approximate surface area is 142 Å². The van der Waals surface area contributed by atoms with Gasteiger partial charge in [0.25, 0.3) is 5.91 Å². The molecular formula is C17H22N2O4S. The summed E-state index contributed by atoms with van der Waals surface area (Å²) in [7, 11) is -3.00.